The zero-order valence-electron chi connectivity index (χ0n) is 36.5. The van der Waals surface area contributed by atoms with Crippen LogP contribution >= 0.6 is 0 Å². The van der Waals surface area contributed by atoms with Gasteiger partial charge in [0.15, 0.2) is 0 Å². The monoisotopic (exact) mass is 819 g/mol. The van der Waals surface area contributed by atoms with E-state index < -0.39 is 0 Å². The zero-order valence-corrected chi connectivity index (χ0v) is 36.5. The Kier molecular flexibility index (Phi) is 7.80. The molecule has 13 rings (SSSR count). The Morgan fingerprint density at radius 3 is 1.55 bits per heavy atom. The summed E-state index contributed by atoms with van der Waals surface area (Å²) in [6, 6.07) is 77.1. The third kappa shape index (κ3) is 5.11. The van der Waals surface area contributed by atoms with E-state index in [1.165, 1.54) is 89.3 Å². The van der Waals surface area contributed by atoms with Crippen molar-refractivity contribution >= 4 is 74.3 Å². The van der Waals surface area contributed by atoms with Gasteiger partial charge < -0.3 is 14.7 Å². The van der Waals surface area contributed by atoms with Crippen LogP contribution in [0.15, 0.2) is 206 Å². The molecule has 0 aromatic heterocycles. The lowest BCUT2D eigenvalue weighted by Crippen LogP contribution is -2.61. The molecule has 2 aliphatic heterocycles. The quantitative estimate of drug-likeness (QED) is 0.160. The highest BCUT2D eigenvalue weighted by Crippen LogP contribution is 2.54. The third-order valence-electron chi connectivity index (χ3n) is 14.8. The summed E-state index contributed by atoms with van der Waals surface area (Å²) in [5, 5.41) is 0. The first-order valence-electron chi connectivity index (χ1n) is 22.6. The van der Waals surface area contributed by atoms with Gasteiger partial charge in [0.1, 0.15) is 0 Å². The Morgan fingerprint density at radius 1 is 0.344 bits per heavy atom. The van der Waals surface area contributed by atoms with Gasteiger partial charge in [-0.15, -0.1) is 0 Å². The molecule has 0 saturated carbocycles. The molecule has 0 unspecified atom stereocenters. The van der Waals surface area contributed by atoms with Crippen molar-refractivity contribution in [1.29, 1.82) is 0 Å². The molecule has 0 bridgehead atoms. The standard InChI is InChI=1S/C60H46BN3/c1-59(2)49-25-14-12-23-45(49)47-36-41(31-34-50(47)59)63-54-27-16-15-26-52(54)61-53-35-32-43(62(39-18-7-5-8-19-39)40-20-9-6-10-21-40)38-57(53)64(56-29-17-28-55(63)58(56)61)42-30-33-46-44-22-11-13-24-48(44)60(3,4)51(46)37-42/h5-38H,1-4H3. The number of anilines is 9. The van der Waals surface area contributed by atoms with Gasteiger partial charge in [-0.2, -0.15) is 0 Å². The summed E-state index contributed by atoms with van der Waals surface area (Å²) >= 11 is 0. The first kappa shape index (κ1) is 37.0. The van der Waals surface area contributed by atoms with Gasteiger partial charge in [-0.3, -0.25) is 0 Å². The molecule has 0 spiro atoms. The van der Waals surface area contributed by atoms with Crippen LogP contribution < -0.4 is 31.1 Å². The highest BCUT2D eigenvalue weighted by Gasteiger charge is 2.45. The van der Waals surface area contributed by atoms with E-state index >= 15 is 0 Å². The smallest absolute Gasteiger partial charge is 0.252 e. The SMILES string of the molecule is CC1(C)c2ccccc2-c2cc(N3c4ccccc4B4c5ccc(N(c6ccccc6)c6ccccc6)cc5N(c5ccc6c(c5)C(C)(C)c5ccccc5-6)c5cccc3c54)ccc21. The Labute approximate surface area is 376 Å². The molecule has 2 aliphatic carbocycles. The summed E-state index contributed by atoms with van der Waals surface area (Å²) in [4.78, 5) is 7.48. The molecule has 4 aliphatic rings. The van der Waals surface area contributed by atoms with E-state index in [-0.39, 0.29) is 17.5 Å². The van der Waals surface area contributed by atoms with Gasteiger partial charge in [0.25, 0.3) is 6.71 Å². The lowest BCUT2D eigenvalue weighted by molar-refractivity contribution is 0.660. The molecule has 0 atom stereocenters. The first-order valence-corrected chi connectivity index (χ1v) is 22.6. The molecule has 2 heterocycles. The van der Waals surface area contributed by atoms with Crippen molar-refractivity contribution in [2.24, 2.45) is 0 Å². The van der Waals surface area contributed by atoms with Crippen molar-refractivity contribution in [2.45, 2.75) is 38.5 Å². The zero-order chi connectivity index (χ0) is 42.9. The van der Waals surface area contributed by atoms with Gasteiger partial charge in [0, 0.05) is 62.0 Å². The van der Waals surface area contributed by atoms with Crippen molar-refractivity contribution in [3.8, 4) is 22.3 Å². The topological polar surface area (TPSA) is 9.72 Å². The van der Waals surface area contributed by atoms with Crippen LogP contribution in [0.4, 0.5) is 51.2 Å². The Balaban J connectivity index is 1.06. The summed E-state index contributed by atoms with van der Waals surface area (Å²) in [6.45, 7) is 9.51. The average Bonchev–Trinajstić information content (AvgIpc) is 3.71. The van der Waals surface area contributed by atoms with Crippen molar-refractivity contribution in [3.05, 3.63) is 229 Å². The van der Waals surface area contributed by atoms with E-state index in [1.807, 2.05) is 0 Å². The van der Waals surface area contributed by atoms with Gasteiger partial charge in [-0.05, 0) is 140 Å². The second kappa shape index (κ2) is 13.5. The molecule has 9 aromatic rings. The van der Waals surface area contributed by atoms with E-state index in [4.69, 9.17) is 0 Å². The number of rotatable bonds is 5. The Morgan fingerprint density at radius 2 is 0.844 bits per heavy atom. The normalized spacial score (nSPS) is 15.0. The minimum Gasteiger partial charge on any atom is -0.311 e. The van der Waals surface area contributed by atoms with Crippen LogP contribution in [0.3, 0.4) is 0 Å². The molecule has 9 aromatic carbocycles. The first-order chi connectivity index (χ1) is 31.3. The molecule has 64 heavy (non-hydrogen) atoms. The van der Waals surface area contributed by atoms with Crippen molar-refractivity contribution in [1.82, 2.24) is 0 Å². The second-order valence-corrected chi connectivity index (χ2v) is 18.9. The fourth-order valence-corrected chi connectivity index (χ4v) is 11.8. The third-order valence-corrected chi connectivity index (χ3v) is 14.8. The van der Waals surface area contributed by atoms with Crippen molar-refractivity contribution in [2.75, 3.05) is 14.7 Å². The molecule has 0 fully saturated rings. The maximum atomic E-state index is 2.56. The van der Waals surface area contributed by atoms with E-state index in [1.54, 1.807) is 0 Å². The predicted octanol–water partition coefficient (Wildman–Crippen LogP) is 13.9. The van der Waals surface area contributed by atoms with E-state index in [2.05, 4.69) is 249 Å². The Hall–Kier alpha value is -7.56. The second-order valence-electron chi connectivity index (χ2n) is 18.9. The highest BCUT2D eigenvalue weighted by atomic mass is 15.2. The van der Waals surface area contributed by atoms with Gasteiger partial charge in [-0.1, -0.05) is 155 Å². The molecule has 304 valence electrons. The van der Waals surface area contributed by atoms with Crippen molar-refractivity contribution < 1.29 is 0 Å². The summed E-state index contributed by atoms with van der Waals surface area (Å²) in [6.07, 6.45) is 0. The van der Waals surface area contributed by atoms with Gasteiger partial charge in [0.05, 0.1) is 0 Å². The molecule has 0 radical (unpaired) electrons. The van der Waals surface area contributed by atoms with E-state index in [9.17, 15) is 0 Å². The van der Waals surface area contributed by atoms with Crippen LogP contribution in [0.1, 0.15) is 49.9 Å². The summed E-state index contributed by atoms with van der Waals surface area (Å²) in [5.74, 6) is 0. The van der Waals surface area contributed by atoms with E-state index in [0.29, 0.717) is 0 Å². The lowest BCUT2D eigenvalue weighted by atomic mass is 9.33. The number of hydrogen-bond donors (Lipinski definition) is 0. The van der Waals surface area contributed by atoms with Gasteiger partial charge in [0.2, 0.25) is 0 Å². The van der Waals surface area contributed by atoms with Crippen molar-refractivity contribution in [3.63, 3.8) is 0 Å². The molecule has 0 amide bonds. The number of hydrogen-bond acceptors (Lipinski definition) is 3. The predicted molar refractivity (Wildman–Crippen MR) is 270 cm³/mol. The molecule has 0 N–H and O–H groups in total. The minimum absolute atomic E-state index is 0.0186. The highest BCUT2D eigenvalue weighted by molar-refractivity contribution is 7.00. The maximum absolute atomic E-state index is 2.56. The summed E-state index contributed by atoms with van der Waals surface area (Å²) in [7, 11) is 0. The van der Waals surface area contributed by atoms with Crippen LogP contribution in [0.5, 0.6) is 0 Å². The number of fused-ring (bicyclic) bond motifs is 10. The fourth-order valence-electron chi connectivity index (χ4n) is 11.8. The number of benzene rings is 9. The summed E-state index contributed by atoms with van der Waals surface area (Å²) < 4.78 is 0. The van der Waals surface area contributed by atoms with Crippen LogP contribution in [0.2, 0.25) is 0 Å². The van der Waals surface area contributed by atoms with Crippen LogP contribution in [-0.2, 0) is 10.8 Å². The minimum atomic E-state index is -0.144. The largest absolute Gasteiger partial charge is 0.311 e. The molecular weight excluding hydrogens is 773 g/mol. The van der Waals surface area contributed by atoms with E-state index in [0.717, 1.165) is 22.7 Å². The van der Waals surface area contributed by atoms with Crippen LogP contribution in [0, 0.1) is 0 Å². The van der Waals surface area contributed by atoms with Crippen LogP contribution in [-0.4, -0.2) is 6.71 Å². The number of para-hydroxylation sites is 3. The molecule has 0 saturated heterocycles. The summed E-state index contributed by atoms with van der Waals surface area (Å²) in [5.41, 5.74) is 25.1. The fraction of sp³-hybridized carbons (Fsp3) is 0.100. The Bertz CT molecular complexity index is 3330. The molecular formula is C60H46BN3. The molecule has 4 heteroatoms. The maximum Gasteiger partial charge on any atom is 0.252 e. The lowest BCUT2D eigenvalue weighted by Gasteiger charge is -2.44. The average molecular weight is 820 g/mol. The van der Waals surface area contributed by atoms with Gasteiger partial charge >= 0.3 is 0 Å². The van der Waals surface area contributed by atoms with Crippen LogP contribution in [0.25, 0.3) is 22.3 Å². The number of nitrogens with zero attached hydrogens (tertiary/aromatic N) is 3. The van der Waals surface area contributed by atoms with Gasteiger partial charge in [-0.25, -0.2) is 0 Å². The molecule has 3 nitrogen and oxygen atoms in total.